The zero-order chi connectivity index (χ0) is 20.6. The number of sulfone groups is 1. The Morgan fingerprint density at radius 3 is 2.86 bits per heavy atom. The van der Waals surface area contributed by atoms with E-state index in [1.165, 1.54) is 17.4 Å². The molecule has 2 aromatic carbocycles. The highest BCUT2D eigenvalue weighted by Gasteiger charge is 2.16. The van der Waals surface area contributed by atoms with Crippen molar-refractivity contribution >= 4 is 54.0 Å². The maximum Gasteiger partial charge on any atom is 0.264 e. The molecule has 0 saturated heterocycles. The summed E-state index contributed by atoms with van der Waals surface area (Å²) >= 11 is 1.19. The molecule has 2 N–H and O–H groups in total. The molecule has 2 amide bonds. The van der Waals surface area contributed by atoms with Gasteiger partial charge in [0.05, 0.1) is 15.1 Å². The lowest BCUT2D eigenvalue weighted by molar-refractivity contribution is -0.118. The summed E-state index contributed by atoms with van der Waals surface area (Å²) in [6.45, 7) is -0.199. The molecule has 150 valence electrons. The maximum atomic E-state index is 12.2. The van der Waals surface area contributed by atoms with Gasteiger partial charge in [0.15, 0.2) is 21.6 Å². The lowest BCUT2D eigenvalue weighted by Crippen LogP contribution is -2.21. The Balaban J connectivity index is 1.40. The van der Waals surface area contributed by atoms with Crippen LogP contribution in [0.3, 0.4) is 0 Å². The van der Waals surface area contributed by atoms with E-state index in [9.17, 15) is 18.0 Å². The standard InChI is InChI=1S/C19H17N3O5S2/c1-29(25,26)13-4-6-15-16(9-13)28-19(21-15)22-18(24)10-27-12-3-5-14-11(8-12)2-7-17(23)20-14/h3-6,8-9H,2,7,10H2,1H3,(H,20,23)(H,21,22,24). The Morgan fingerprint density at radius 1 is 1.24 bits per heavy atom. The topological polar surface area (TPSA) is 114 Å². The minimum atomic E-state index is -3.31. The third kappa shape index (κ3) is 4.38. The number of rotatable bonds is 5. The molecule has 0 aliphatic carbocycles. The Kier molecular flexibility index (Phi) is 4.97. The Hall–Kier alpha value is -2.98. The van der Waals surface area contributed by atoms with E-state index in [1.807, 2.05) is 6.07 Å². The average Bonchev–Trinajstić information content (AvgIpc) is 3.07. The predicted molar refractivity (Wildman–Crippen MR) is 110 cm³/mol. The van der Waals surface area contributed by atoms with E-state index in [-0.39, 0.29) is 23.3 Å². The lowest BCUT2D eigenvalue weighted by Gasteiger charge is -2.17. The minimum absolute atomic E-state index is 0.00922. The molecule has 0 fully saturated rings. The molecule has 8 nitrogen and oxygen atoms in total. The van der Waals surface area contributed by atoms with Crippen LogP contribution in [0.25, 0.3) is 10.2 Å². The first-order valence-electron chi connectivity index (χ1n) is 8.74. The maximum absolute atomic E-state index is 12.2. The first-order chi connectivity index (χ1) is 13.8. The number of hydrogen-bond donors (Lipinski definition) is 2. The zero-order valence-corrected chi connectivity index (χ0v) is 17.0. The predicted octanol–water partition coefficient (Wildman–Crippen LogP) is 2.60. The molecule has 1 aliphatic rings. The minimum Gasteiger partial charge on any atom is -0.484 e. The number of aryl methyl sites for hydroxylation is 1. The van der Waals surface area contributed by atoms with Crippen LogP contribution in [0.15, 0.2) is 41.3 Å². The molecule has 10 heteroatoms. The van der Waals surface area contributed by atoms with Crippen LogP contribution >= 0.6 is 11.3 Å². The molecule has 0 saturated carbocycles. The van der Waals surface area contributed by atoms with Gasteiger partial charge in [0.25, 0.3) is 5.91 Å². The molecule has 1 aromatic heterocycles. The number of nitrogens with one attached hydrogen (secondary N) is 2. The molecular weight excluding hydrogens is 414 g/mol. The van der Waals surface area contributed by atoms with Crippen LogP contribution in [-0.2, 0) is 25.8 Å². The SMILES string of the molecule is CS(=O)(=O)c1ccc2nc(NC(=O)COc3ccc4c(c3)CCC(=O)N4)sc2c1. The van der Waals surface area contributed by atoms with Crippen molar-refractivity contribution < 1.29 is 22.7 Å². The van der Waals surface area contributed by atoms with Crippen molar-refractivity contribution in [2.24, 2.45) is 0 Å². The van der Waals surface area contributed by atoms with Crippen LogP contribution in [-0.4, -0.2) is 38.1 Å². The summed E-state index contributed by atoms with van der Waals surface area (Å²) in [6.07, 6.45) is 2.20. The summed E-state index contributed by atoms with van der Waals surface area (Å²) in [5, 5.41) is 5.83. The highest BCUT2D eigenvalue weighted by Crippen LogP contribution is 2.29. The van der Waals surface area contributed by atoms with Crippen LogP contribution in [0.1, 0.15) is 12.0 Å². The van der Waals surface area contributed by atoms with Crippen molar-refractivity contribution in [2.75, 3.05) is 23.5 Å². The molecule has 3 aromatic rings. The van der Waals surface area contributed by atoms with Crippen LogP contribution in [0.5, 0.6) is 5.75 Å². The molecular formula is C19H17N3O5S2. The molecule has 4 rings (SSSR count). The number of fused-ring (bicyclic) bond motifs is 2. The van der Waals surface area contributed by atoms with Crippen molar-refractivity contribution in [3.8, 4) is 5.75 Å². The van der Waals surface area contributed by atoms with Crippen molar-refractivity contribution in [1.29, 1.82) is 0 Å². The van der Waals surface area contributed by atoms with Crippen LogP contribution < -0.4 is 15.4 Å². The Labute approximate surface area is 170 Å². The van der Waals surface area contributed by atoms with Crippen molar-refractivity contribution in [3.63, 3.8) is 0 Å². The van der Waals surface area contributed by atoms with Gasteiger partial charge < -0.3 is 10.1 Å². The van der Waals surface area contributed by atoms with Gasteiger partial charge in [-0.25, -0.2) is 13.4 Å². The second-order valence-corrected chi connectivity index (χ2v) is 9.67. The summed E-state index contributed by atoms with van der Waals surface area (Å²) in [4.78, 5) is 28.1. The fraction of sp³-hybridized carbons (Fsp3) is 0.211. The molecule has 0 unspecified atom stereocenters. The Morgan fingerprint density at radius 2 is 2.07 bits per heavy atom. The second-order valence-electron chi connectivity index (χ2n) is 6.62. The van der Waals surface area contributed by atoms with Crippen molar-refractivity contribution in [3.05, 3.63) is 42.0 Å². The largest absolute Gasteiger partial charge is 0.484 e. The van der Waals surface area contributed by atoms with Gasteiger partial charge in [0.2, 0.25) is 5.91 Å². The smallest absolute Gasteiger partial charge is 0.264 e. The summed E-state index contributed by atoms with van der Waals surface area (Å²) in [5.74, 6) is 0.153. The third-order valence-corrected chi connectivity index (χ3v) is 6.42. The fourth-order valence-corrected chi connectivity index (χ4v) is 4.59. The lowest BCUT2D eigenvalue weighted by atomic mass is 10.0. The molecule has 2 heterocycles. The van der Waals surface area contributed by atoms with E-state index in [2.05, 4.69) is 15.6 Å². The molecule has 29 heavy (non-hydrogen) atoms. The van der Waals surface area contributed by atoms with Gasteiger partial charge in [-0.05, 0) is 48.4 Å². The number of anilines is 2. The fourth-order valence-electron chi connectivity index (χ4n) is 2.94. The third-order valence-electron chi connectivity index (χ3n) is 4.38. The molecule has 0 spiro atoms. The van der Waals surface area contributed by atoms with Crippen LogP contribution in [0, 0.1) is 0 Å². The number of ether oxygens (including phenoxy) is 1. The molecule has 0 bridgehead atoms. The molecule has 1 aliphatic heterocycles. The van der Waals surface area contributed by atoms with Gasteiger partial charge in [-0.15, -0.1) is 0 Å². The Bertz CT molecular complexity index is 1230. The second kappa shape index (κ2) is 7.45. The first kappa shape index (κ1) is 19.3. The zero-order valence-electron chi connectivity index (χ0n) is 15.4. The highest BCUT2D eigenvalue weighted by molar-refractivity contribution is 7.90. The summed E-state index contributed by atoms with van der Waals surface area (Å²) < 4.78 is 29.5. The van der Waals surface area contributed by atoms with Gasteiger partial charge >= 0.3 is 0 Å². The van der Waals surface area contributed by atoms with Gasteiger partial charge in [0, 0.05) is 18.4 Å². The molecule has 0 radical (unpaired) electrons. The molecule has 0 atom stereocenters. The van der Waals surface area contributed by atoms with Crippen molar-refractivity contribution in [1.82, 2.24) is 4.98 Å². The van der Waals surface area contributed by atoms with Gasteiger partial charge in [-0.1, -0.05) is 11.3 Å². The number of thiazole rings is 1. The average molecular weight is 431 g/mol. The van der Waals surface area contributed by atoms with Gasteiger partial charge in [-0.2, -0.15) is 0 Å². The van der Waals surface area contributed by atoms with E-state index in [4.69, 9.17) is 4.74 Å². The normalized spacial score (nSPS) is 13.6. The summed E-state index contributed by atoms with van der Waals surface area (Å²) in [7, 11) is -3.31. The van der Waals surface area contributed by atoms with E-state index in [1.54, 1.807) is 24.3 Å². The number of carbonyl (C=O) groups excluding carboxylic acids is 2. The quantitative estimate of drug-likeness (QED) is 0.642. The number of hydrogen-bond acceptors (Lipinski definition) is 7. The van der Waals surface area contributed by atoms with Crippen molar-refractivity contribution in [2.45, 2.75) is 17.7 Å². The van der Waals surface area contributed by atoms with Crippen LogP contribution in [0.2, 0.25) is 0 Å². The van der Waals surface area contributed by atoms with E-state index in [0.717, 1.165) is 17.5 Å². The first-order valence-corrected chi connectivity index (χ1v) is 11.4. The van der Waals surface area contributed by atoms with E-state index < -0.39 is 9.84 Å². The number of nitrogens with zero attached hydrogens (tertiary/aromatic N) is 1. The number of carbonyl (C=O) groups is 2. The summed E-state index contributed by atoms with van der Waals surface area (Å²) in [6, 6.07) is 9.91. The monoisotopic (exact) mass is 431 g/mol. The number of amides is 2. The number of aromatic nitrogens is 1. The summed E-state index contributed by atoms with van der Waals surface area (Å²) in [5.41, 5.74) is 2.34. The van der Waals surface area contributed by atoms with E-state index in [0.29, 0.717) is 33.9 Å². The van der Waals surface area contributed by atoms with Gasteiger partial charge in [-0.3, -0.25) is 14.9 Å². The number of benzene rings is 2. The van der Waals surface area contributed by atoms with Gasteiger partial charge in [0.1, 0.15) is 5.75 Å². The highest BCUT2D eigenvalue weighted by atomic mass is 32.2. The van der Waals surface area contributed by atoms with Crippen LogP contribution in [0.4, 0.5) is 10.8 Å². The van der Waals surface area contributed by atoms with E-state index >= 15 is 0 Å².